The summed E-state index contributed by atoms with van der Waals surface area (Å²) in [5.74, 6) is -1.38. The van der Waals surface area contributed by atoms with E-state index in [1.807, 2.05) is 0 Å². The van der Waals surface area contributed by atoms with Crippen molar-refractivity contribution in [2.75, 3.05) is 31.2 Å². The van der Waals surface area contributed by atoms with Gasteiger partial charge in [-0.1, -0.05) is 11.6 Å². The second kappa shape index (κ2) is 7.04. The lowest BCUT2D eigenvalue weighted by atomic mass is 10.1. The number of rotatable bonds is 7. The number of hydrogen-bond acceptors (Lipinski definition) is 6. The van der Waals surface area contributed by atoms with Gasteiger partial charge in [-0.2, -0.15) is 0 Å². The van der Waals surface area contributed by atoms with Gasteiger partial charge in [0.2, 0.25) is 0 Å². The highest BCUT2D eigenvalue weighted by molar-refractivity contribution is 6.34. The topological polar surface area (TPSA) is 124 Å². The average Bonchev–Trinajstić information content (AvgIpc) is 2.37. The van der Waals surface area contributed by atoms with Crippen molar-refractivity contribution in [1.29, 1.82) is 0 Å². The summed E-state index contributed by atoms with van der Waals surface area (Å²) in [6.45, 7) is -0.491. The van der Waals surface area contributed by atoms with E-state index in [0.717, 1.165) is 12.1 Å². The van der Waals surface area contributed by atoms with Crippen molar-refractivity contribution < 1.29 is 25.0 Å². The molecule has 0 fully saturated rings. The van der Waals surface area contributed by atoms with Crippen molar-refractivity contribution in [2.24, 2.45) is 0 Å². The highest BCUT2D eigenvalue weighted by Crippen LogP contribution is 2.34. The Hall–Kier alpha value is -1.90. The zero-order valence-corrected chi connectivity index (χ0v) is 11.1. The first kappa shape index (κ1) is 16.2. The summed E-state index contributed by atoms with van der Waals surface area (Å²) in [5, 5.41) is 37.7. The van der Waals surface area contributed by atoms with Crippen molar-refractivity contribution in [3.8, 4) is 0 Å². The van der Waals surface area contributed by atoms with Crippen LogP contribution in [-0.4, -0.2) is 52.5 Å². The molecule has 0 aliphatic heterocycles. The molecule has 0 saturated carbocycles. The molecule has 20 heavy (non-hydrogen) atoms. The summed E-state index contributed by atoms with van der Waals surface area (Å²) in [7, 11) is 0. The van der Waals surface area contributed by atoms with E-state index in [0.29, 0.717) is 0 Å². The maximum atomic E-state index is 11.2. The standard InChI is InChI=1S/C11H13ClN2O6/c12-9-6-7(14(19)20)5-8(11(17)18)10(9)13(1-3-15)2-4-16/h5-6,15-16H,1-4H2,(H,17,18). The maximum absolute atomic E-state index is 11.2. The van der Waals surface area contributed by atoms with Crippen LogP contribution in [0.25, 0.3) is 0 Å². The molecule has 0 heterocycles. The van der Waals surface area contributed by atoms with Crippen LogP contribution >= 0.6 is 11.6 Å². The van der Waals surface area contributed by atoms with E-state index in [1.54, 1.807) is 0 Å². The maximum Gasteiger partial charge on any atom is 0.338 e. The third kappa shape index (κ3) is 3.56. The van der Waals surface area contributed by atoms with Crippen molar-refractivity contribution in [3.63, 3.8) is 0 Å². The van der Waals surface area contributed by atoms with E-state index in [9.17, 15) is 14.9 Å². The summed E-state index contributed by atoms with van der Waals surface area (Å²) in [4.78, 5) is 22.6. The summed E-state index contributed by atoms with van der Waals surface area (Å²) < 4.78 is 0. The fraction of sp³-hybridized carbons (Fsp3) is 0.364. The van der Waals surface area contributed by atoms with Crippen LogP contribution in [-0.2, 0) is 0 Å². The fourth-order valence-corrected chi connectivity index (χ4v) is 2.08. The quantitative estimate of drug-likeness (QED) is 0.501. The highest BCUT2D eigenvalue weighted by Gasteiger charge is 2.23. The monoisotopic (exact) mass is 304 g/mol. The molecule has 0 unspecified atom stereocenters. The molecule has 110 valence electrons. The van der Waals surface area contributed by atoms with Crippen LogP contribution in [0.3, 0.4) is 0 Å². The highest BCUT2D eigenvalue weighted by atomic mass is 35.5. The Kier molecular flexibility index (Phi) is 5.68. The normalized spacial score (nSPS) is 10.3. The Morgan fingerprint density at radius 1 is 1.30 bits per heavy atom. The zero-order valence-electron chi connectivity index (χ0n) is 10.3. The molecule has 0 spiro atoms. The van der Waals surface area contributed by atoms with E-state index in [-0.39, 0.29) is 42.6 Å². The van der Waals surface area contributed by atoms with Gasteiger partial charge in [-0.3, -0.25) is 10.1 Å². The third-order valence-corrected chi connectivity index (χ3v) is 2.83. The number of aromatic carboxylic acids is 1. The number of nitro groups is 1. The molecule has 3 N–H and O–H groups in total. The molecule has 0 atom stereocenters. The Labute approximate surface area is 119 Å². The first-order valence-electron chi connectivity index (χ1n) is 5.60. The molecule has 1 aromatic rings. The lowest BCUT2D eigenvalue weighted by molar-refractivity contribution is -0.384. The van der Waals surface area contributed by atoms with E-state index in [2.05, 4.69) is 0 Å². The lowest BCUT2D eigenvalue weighted by Crippen LogP contribution is -2.31. The number of carboxylic acids is 1. The van der Waals surface area contributed by atoms with Crippen LogP contribution in [0.15, 0.2) is 12.1 Å². The molecule has 0 amide bonds. The number of anilines is 1. The second-order valence-corrected chi connectivity index (χ2v) is 4.23. The predicted octanol–water partition coefficient (Wildman–Crippen LogP) is 0.737. The van der Waals surface area contributed by atoms with Crippen LogP contribution in [0.2, 0.25) is 5.02 Å². The SMILES string of the molecule is O=C(O)c1cc([N+](=O)[O-])cc(Cl)c1N(CCO)CCO. The van der Waals surface area contributed by atoms with E-state index < -0.39 is 16.6 Å². The van der Waals surface area contributed by atoms with E-state index in [1.165, 1.54) is 4.90 Å². The molecule has 0 radical (unpaired) electrons. The molecule has 1 rings (SSSR count). The number of carboxylic acid groups (broad SMARTS) is 1. The number of aliphatic hydroxyl groups excluding tert-OH is 2. The van der Waals surface area contributed by atoms with Crippen LogP contribution in [0, 0.1) is 10.1 Å². The number of nitrogens with zero attached hydrogens (tertiary/aromatic N) is 2. The van der Waals surface area contributed by atoms with Crippen LogP contribution in [0.1, 0.15) is 10.4 Å². The largest absolute Gasteiger partial charge is 0.478 e. The number of carbonyl (C=O) groups is 1. The molecular weight excluding hydrogens is 292 g/mol. The lowest BCUT2D eigenvalue weighted by Gasteiger charge is -2.25. The first-order valence-corrected chi connectivity index (χ1v) is 5.98. The molecule has 0 saturated heterocycles. The molecule has 0 aliphatic carbocycles. The molecule has 0 aromatic heterocycles. The molecular formula is C11H13ClN2O6. The number of non-ortho nitro benzene ring substituents is 1. The van der Waals surface area contributed by atoms with Gasteiger partial charge in [-0.15, -0.1) is 0 Å². The van der Waals surface area contributed by atoms with Gasteiger partial charge < -0.3 is 20.2 Å². The van der Waals surface area contributed by atoms with Gasteiger partial charge in [0.1, 0.15) is 0 Å². The second-order valence-electron chi connectivity index (χ2n) is 3.82. The molecule has 0 aliphatic rings. The average molecular weight is 305 g/mol. The van der Waals surface area contributed by atoms with Gasteiger partial charge in [0.15, 0.2) is 0 Å². The van der Waals surface area contributed by atoms with Crippen molar-refractivity contribution in [1.82, 2.24) is 0 Å². The Morgan fingerprint density at radius 2 is 1.85 bits per heavy atom. The zero-order chi connectivity index (χ0) is 15.3. The van der Waals surface area contributed by atoms with Gasteiger partial charge in [0, 0.05) is 25.2 Å². The van der Waals surface area contributed by atoms with Crippen LogP contribution < -0.4 is 4.90 Å². The first-order chi connectivity index (χ1) is 9.42. The number of aliphatic hydroxyl groups is 2. The van der Waals surface area contributed by atoms with E-state index in [4.69, 9.17) is 26.9 Å². The summed E-state index contributed by atoms with van der Waals surface area (Å²) in [6.07, 6.45) is 0. The Bertz CT molecular complexity index is 516. The molecule has 9 heteroatoms. The number of halogens is 1. The van der Waals surface area contributed by atoms with Gasteiger partial charge in [-0.05, 0) is 0 Å². The van der Waals surface area contributed by atoms with Gasteiger partial charge in [-0.25, -0.2) is 4.79 Å². The van der Waals surface area contributed by atoms with Crippen molar-refractivity contribution >= 4 is 28.9 Å². The Morgan fingerprint density at radius 3 is 2.25 bits per heavy atom. The predicted molar refractivity (Wildman–Crippen MR) is 71.5 cm³/mol. The van der Waals surface area contributed by atoms with Gasteiger partial charge in [0.25, 0.3) is 5.69 Å². The summed E-state index contributed by atoms with van der Waals surface area (Å²) in [5.41, 5.74) is -0.761. The van der Waals surface area contributed by atoms with Crippen LogP contribution in [0.4, 0.5) is 11.4 Å². The smallest absolute Gasteiger partial charge is 0.338 e. The number of hydrogen-bond donors (Lipinski definition) is 3. The van der Waals surface area contributed by atoms with Crippen molar-refractivity contribution in [2.45, 2.75) is 0 Å². The number of benzene rings is 1. The fourth-order valence-electron chi connectivity index (χ4n) is 1.75. The van der Waals surface area contributed by atoms with Crippen molar-refractivity contribution in [3.05, 3.63) is 32.8 Å². The third-order valence-electron chi connectivity index (χ3n) is 2.55. The van der Waals surface area contributed by atoms with Crippen LogP contribution in [0.5, 0.6) is 0 Å². The summed E-state index contributed by atoms with van der Waals surface area (Å²) in [6, 6.07) is 1.93. The molecule has 0 bridgehead atoms. The molecule has 8 nitrogen and oxygen atoms in total. The Balaban J connectivity index is 3.42. The summed E-state index contributed by atoms with van der Waals surface area (Å²) >= 11 is 5.92. The molecule has 1 aromatic carbocycles. The number of nitro benzene ring substituents is 1. The minimum atomic E-state index is -1.38. The van der Waals surface area contributed by atoms with E-state index >= 15 is 0 Å². The minimum absolute atomic E-state index is 0.0351. The van der Waals surface area contributed by atoms with Gasteiger partial charge in [0.05, 0.1) is 34.4 Å². The minimum Gasteiger partial charge on any atom is -0.478 e. The van der Waals surface area contributed by atoms with Gasteiger partial charge >= 0.3 is 5.97 Å².